The van der Waals surface area contributed by atoms with Crippen LogP contribution < -0.4 is 0 Å². The maximum atomic E-state index is 11.1. The second-order valence-corrected chi connectivity index (χ2v) is 3.05. The summed E-state index contributed by atoms with van der Waals surface area (Å²) in [6.07, 6.45) is 5.38. The SMILES string of the molecule is C=CCC/C(C)=C/C(=O)N(C)C. The molecule has 0 aromatic carbocycles. The molecule has 0 bridgehead atoms. The molecule has 0 aliphatic carbocycles. The van der Waals surface area contributed by atoms with Crippen molar-refractivity contribution in [2.24, 2.45) is 0 Å². The number of carbonyl (C=O) groups excluding carboxylic acids is 1. The zero-order valence-corrected chi connectivity index (χ0v) is 8.13. The molecule has 0 heterocycles. The molecular formula is C10H17NO. The number of hydrogen-bond acceptors (Lipinski definition) is 1. The van der Waals surface area contributed by atoms with Crippen LogP contribution in [0.1, 0.15) is 19.8 Å². The first kappa shape index (κ1) is 11.0. The zero-order chi connectivity index (χ0) is 9.56. The molecule has 0 radical (unpaired) electrons. The fourth-order valence-electron chi connectivity index (χ4n) is 0.742. The maximum absolute atomic E-state index is 11.1. The number of rotatable bonds is 4. The van der Waals surface area contributed by atoms with Crippen molar-refractivity contribution in [1.29, 1.82) is 0 Å². The monoisotopic (exact) mass is 167 g/mol. The van der Waals surface area contributed by atoms with Crippen molar-refractivity contribution >= 4 is 5.91 Å². The average molecular weight is 167 g/mol. The summed E-state index contributed by atoms with van der Waals surface area (Å²) in [4.78, 5) is 12.7. The minimum atomic E-state index is 0.0524. The van der Waals surface area contributed by atoms with Crippen LogP contribution >= 0.6 is 0 Å². The normalized spacial score (nSPS) is 11.1. The lowest BCUT2D eigenvalue weighted by atomic mass is 10.1. The van der Waals surface area contributed by atoms with E-state index in [1.807, 2.05) is 13.0 Å². The van der Waals surface area contributed by atoms with Gasteiger partial charge in [0.15, 0.2) is 0 Å². The zero-order valence-electron chi connectivity index (χ0n) is 8.13. The van der Waals surface area contributed by atoms with Crippen LogP contribution in [0.2, 0.25) is 0 Å². The molecule has 0 saturated heterocycles. The lowest BCUT2D eigenvalue weighted by Crippen LogP contribution is -2.19. The molecule has 2 nitrogen and oxygen atoms in total. The fraction of sp³-hybridized carbons (Fsp3) is 0.500. The van der Waals surface area contributed by atoms with Crippen molar-refractivity contribution < 1.29 is 4.79 Å². The van der Waals surface area contributed by atoms with E-state index < -0.39 is 0 Å². The molecule has 0 aliphatic heterocycles. The van der Waals surface area contributed by atoms with E-state index in [2.05, 4.69) is 6.58 Å². The second-order valence-electron chi connectivity index (χ2n) is 3.05. The summed E-state index contributed by atoms with van der Waals surface area (Å²) in [5.74, 6) is 0.0524. The minimum absolute atomic E-state index is 0.0524. The molecule has 1 amide bonds. The van der Waals surface area contributed by atoms with E-state index in [-0.39, 0.29) is 5.91 Å². The van der Waals surface area contributed by atoms with E-state index in [1.165, 1.54) is 0 Å². The van der Waals surface area contributed by atoms with Gasteiger partial charge in [0.2, 0.25) is 5.91 Å². The van der Waals surface area contributed by atoms with Gasteiger partial charge in [-0.25, -0.2) is 0 Å². The second kappa shape index (κ2) is 5.58. The Morgan fingerprint density at radius 1 is 1.50 bits per heavy atom. The molecule has 68 valence electrons. The van der Waals surface area contributed by atoms with E-state index in [0.29, 0.717) is 0 Å². The molecule has 12 heavy (non-hydrogen) atoms. The summed E-state index contributed by atoms with van der Waals surface area (Å²) < 4.78 is 0. The smallest absolute Gasteiger partial charge is 0.245 e. The van der Waals surface area contributed by atoms with Gasteiger partial charge in [-0.2, -0.15) is 0 Å². The van der Waals surface area contributed by atoms with Gasteiger partial charge in [-0.1, -0.05) is 11.6 Å². The number of allylic oxidation sites excluding steroid dienone is 2. The van der Waals surface area contributed by atoms with Crippen LogP contribution in [0.15, 0.2) is 24.3 Å². The van der Waals surface area contributed by atoms with Crippen LogP contribution in [0.5, 0.6) is 0 Å². The Hall–Kier alpha value is -1.05. The number of carbonyl (C=O) groups is 1. The molecule has 0 aliphatic rings. The highest BCUT2D eigenvalue weighted by atomic mass is 16.2. The topological polar surface area (TPSA) is 20.3 Å². The Kier molecular flexibility index (Phi) is 5.09. The first-order valence-corrected chi connectivity index (χ1v) is 4.07. The molecule has 0 spiro atoms. The van der Waals surface area contributed by atoms with Crippen LogP contribution in [-0.4, -0.2) is 24.9 Å². The highest BCUT2D eigenvalue weighted by Crippen LogP contribution is 2.04. The van der Waals surface area contributed by atoms with Crippen LogP contribution in [0.4, 0.5) is 0 Å². The molecule has 0 aromatic rings. The van der Waals surface area contributed by atoms with Crippen molar-refractivity contribution in [2.75, 3.05) is 14.1 Å². The van der Waals surface area contributed by atoms with Crippen molar-refractivity contribution in [1.82, 2.24) is 4.90 Å². The Labute approximate surface area is 74.6 Å². The summed E-state index contributed by atoms with van der Waals surface area (Å²) in [5, 5.41) is 0. The highest BCUT2D eigenvalue weighted by molar-refractivity contribution is 5.87. The number of hydrogen-bond donors (Lipinski definition) is 0. The van der Waals surface area contributed by atoms with Gasteiger partial charge in [-0.05, 0) is 19.8 Å². The standard InChI is InChI=1S/C10H17NO/c1-5-6-7-9(2)8-10(12)11(3)4/h5,8H,1,6-7H2,2-4H3/b9-8+. The van der Waals surface area contributed by atoms with Crippen molar-refractivity contribution in [3.8, 4) is 0 Å². The average Bonchev–Trinajstić information content (AvgIpc) is 2.00. The van der Waals surface area contributed by atoms with Crippen molar-refractivity contribution in [2.45, 2.75) is 19.8 Å². The molecule has 0 atom stereocenters. The van der Waals surface area contributed by atoms with E-state index in [0.717, 1.165) is 18.4 Å². The number of amides is 1. The largest absolute Gasteiger partial charge is 0.345 e. The Bertz CT molecular complexity index is 192. The number of nitrogens with zero attached hydrogens (tertiary/aromatic N) is 1. The lowest BCUT2D eigenvalue weighted by molar-refractivity contribution is -0.123. The van der Waals surface area contributed by atoms with Crippen molar-refractivity contribution in [3.63, 3.8) is 0 Å². The van der Waals surface area contributed by atoms with Gasteiger partial charge in [-0.3, -0.25) is 4.79 Å². The van der Waals surface area contributed by atoms with Crippen LogP contribution in [0.3, 0.4) is 0 Å². The summed E-state index contributed by atoms with van der Waals surface area (Å²) >= 11 is 0. The Morgan fingerprint density at radius 3 is 2.50 bits per heavy atom. The minimum Gasteiger partial charge on any atom is -0.345 e. The highest BCUT2D eigenvalue weighted by Gasteiger charge is 1.98. The first-order valence-electron chi connectivity index (χ1n) is 4.07. The van der Waals surface area contributed by atoms with Gasteiger partial charge >= 0.3 is 0 Å². The lowest BCUT2D eigenvalue weighted by Gasteiger charge is -2.06. The van der Waals surface area contributed by atoms with E-state index in [4.69, 9.17) is 0 Å². The maximum Gasteiger partial charge on any atom is 0.245 e. The van der Waals surface area contributed by atoms with Crippen LogP contribution in [0.25, 0.3) is 0 Å². The quantitative estimate of drug-likeness (QED) is 0.463. The van der Waals surface area contributed by atoms with Gasteiger partial charge in [0, 0.05) is 20.2 Å². The van der Waals surface area contributed by atoms with Crippen LogP contribution in [-0.2, 0) is 4.79 Å². The fourth-order valence-corrected chi connectivity index (χ4v) is 0.742. The van der Waals surface area contributed by atoms with Gasteiger partial charge in [0.1, 0.15) is 0 Å². The summed E-state index contributed by atoms with van der Waals surface area (Å²) in [5.41, 5.74) is 1.11. The molecule has 0 fully saturated rings. The van der Waals surface area contributed by atoms with Crippen molar-refractivity contribution in [3.05, 3.63) is 24.3 Å². The van der Waals surface area contributed by atoms with Crippen LogP contribution in [0, 0.1) is 0 Å². The molecule has 0 N–H and O–H groups in total. The summed E-state index contributed by atoms with van der Waals surface area (Å²) in [7, 11) is 3.50. The predicted octanol–water partition coefficient (Wildman–Crippen LogP) is 1.99. The van der Waals surface area contributed by atoms with Gasteiger partial charge in [-0.15, -0.1) is 6.58 Å². The molecule has 0 unspecified atom stereocenters. The Morgan fingerprint density at radius 2 is 2.08 bits per heavy atom. The molecule has 0 aromatic heterocycles. The molecule has 0 rings (SSSR count). The Balaban J connectivity index is 3.97. The van der Waals surface area contributed by atoms with E-state index in [1.54, 1.807) is 25.1 Å². The molecular weight excluding hydrogens is 150 g/mol. The third-order valence-electron chi connectivity index (χ3n) is 1.55. The van der Waals surface area contributed by atoms with Gasteiger partial charge in [0.05, 0.1) is 0 Å². The molecule has 0 saturated carbocycles. The van der Waals surface area contributed by atoms with Gasteiger partial charge in [0.25, 0.3) is 0 Å². The third-order valence-corrected chi connectivity index (χ3v) is 1.55. The summed E-state index contributed by atoms with van der Waals surface area (Å²) in [6, 6.07) is 0. The molecule has 2 heteroatoms. The van der Waals surface area contributed by atoms with E-state index in [9.17, 15) is 4.79 Å². The number of likely N-dealkylation sites (N-methyl/N-ethyl adjacent to an activating group) is 1. The third kappa shape index (κ3) is 4.72. The first-order chi connectivity index (χ1) is 5.57. The van der Waals surface area contributed by atoms with Gasteiger partial charge < -0.3 is 4.90 Å². The predicted molar refractivity (Wildman–Crippen MR) is 51.9 cm³/mol. The summed E-state index contributed by atoms with van der Waals surface area (Å²) in [6.45, 7) is 5.59. The van der Waals surface area contributed by atoms with E-state index >= 15 is 0 Å².